The summed E-state index contributed by atoms with van der Waals surface area (Å²) in [7, 11) is 0. The SMILES string of the molecule is C1CCCCC1.CCOc1ccnc(NNC=O)c1. The summed E-state index contributed by atoms with van der Waals surface area (Å²) < 4.78 is 5.23. The van der Waals surface area contributed by atoms with Crippen molar-refractivity contribution in [1.29, 1.82) is 0 Å². The molecule has 0 aliphatic heterocycles. The number of hydrogen-bond donors (Lipinski definition) is 2. The van der Waals surface area contributed by atoms with Crippen molar-refractivity contribution in [3.8, 4) is 5.75 Å². The van der Waals surface area contributed by atoms with Gasteiger partial charge < -0.3 is 4.74 Å². The molecule has 2 N–H and O–H groups in total. The number of nitrogens with one attached hydrogen (secondary N) is 2. The van der Waals surface area contributed by atoms with Crippen LogP contribution in [0.25, 0.3) is 0 Å². The second kappa shape index (κ2) is 10.2. The Morgan fingerprint density at radius 2 is 1.89 bits per heavy atom. The van der Waals surface area contributed by atoms with Crippen molar-refractivity contribution in [3.63, 3.8) is 0 Å². The second-order valence-electron chi connectivity index (χ2n) is 4.32. The van der Waals surface area contributed by atoms with E-state index >= 15 is 0 Å². The molecule has 0 unspecified atom stereocenters. The second-order valence-corrected chi connectivity index (χ2v) is 4.32. The minimum absolute atomic E-state index is 0.537. The van der Waals surface area contributed by atoms with Gasteiger partial charge in [-0.2, -0.15) is 0 Å². The van der Waals surface area contributed by atoms with E-state index in [-0.39, 0.29) is 0 Å². The third kappa shape index (κ3) is 7.28. The molecule has 1 heterocycles. The molecule has 19 heavy (non-hydrogen) atoms. The van der Waals surface area contributed by atoms with Gasteiger partial charge in [0.1, 0.15) is 11.6 Å². The fraction of sp³-hybridized carbons (Fsp3) is 0.571. The first-order chi connectivity index (χ1) is 9.36. The van der Waals surface area contributed by atoms with Gasteiger partial charge in [-0.25, -0.2) is 4.98 Å². The summed E-state index contributed by atoms with van der Waals surface area (Å²) in [5.74, 6) is 1.26. The minimum atomic E-state index is 0.537. The molecule has 106 valence electrons. The Morgan fingerprint density at radius 3 is 2.42 bits per heavy atom. The summed E-state index contributed by atoms with van der Waals surface area (Å²) in [6.45, 7) is 2.50. The number of ether oxygens (including phenoxy) is 1. The van der Waals surface area contributed by atoms with Gasteiger partial charge in [0.25, 0.3) is 0 Å². The van der Waals surface area contributed by atoms with Gasteiger partial charge in [-0.1, -0.05) is 38.5 Å². The maximum absolute atomic E-state index is 9.96. The number of pyridine rings is 1. The highest BCUT2D eigenvalue weighted by Crippen LogP contribution is 2.15. The van der Waals surface area contributed by atoms with Crippen LogP contribution in [0.1, 0.15) is 45.4 Å². The Labute approximate surface area is 114 Å². The monoisotopic (exact) mass is 265 g/mol. The van der Waals surface area contributed by atoms with Gasteiger partial charge in [0.2, 0.25) is 6.41 Å². The molecular weight excluding hydrogens is 242 g/mol. The van der Waals surface area contributed by atoms with E-state index in [0.29, 0.717) is 24.6 Å². The van der Waals surface area contributed by atoms with Crippen LogP contribution in [0.4, 0.5) is 5.82 Å². The van der Waals surface area contributed by atoms with Crippen molar-refractivity contribution in [3.05, 3.63) is 18.3 Å². The summed E-state index contributed by atoms with van der Waals surface area (Å²) in [5.41, 5.74) is 4.87. The van der Waals surface area contributed by atoms with Crippen molar-refractivity contribution >= 4 is 12.2 Å². The standard InChI is InChI=1S/C8H11N3O2.C6H12/c1-2-13-7-3-4-9-8(5-7)11-10-6-12;1-2-4-6-5-3-1/h3-6H,2H2,1H3,(H,9,11)(H,10,12);1-6H2. The van der Waals surface area contributed by atoms with E-state index in [9.17, 15) is 4.79 Å². The molecule has 1 aromatic heterocycles. The molecular formula is C14H23N3O2. The predicted molar refractivity (Wildman–Crippen MR) is 75.9 cm³/mol. The average molecular weight is 265 g/mol. The van der Waals surface area contributed by atoms with E-state index in [2.05, 4.69) is 15.8 Å². The lowest BCUT2D eigenvalue weighted by atomic mass is 10.0. The Kier molecular flexibility index (Phi) is 8.18. The normalized spacial score (nSPS) is 13.7. The van der Waals surface area contributed by atoms with Gasteiger partial charge in [0, 0.05) is 12.3 Å². The zero-order chi connectivity index (χ0) is 13.8. The van der Waals surface area contributed by atoms with E-state index in [1.807, 2.05) is 6.92 Å². The number of aromatic nitrogens is 1. The summed E-state index contributed by atoms with van der Waals surface area (Å²) >= 11 is 0. The van der Waals surface area contributed by atoms with Gasteiger partial charge in [0.05, 0.1) is 6.61 Å². The van der Waals surface area contributed by atoms with E-state index < -0.39 is 0 Å². The van der Waals surface area contributed by atoms with Crippen LogP contribution in [-0.2, 0) is 4.79 Å². The highest BCUT2D eigenvalue weighted by molar-refractivity contribution is 5.51. The van der Waals surface area contributed by atoms with Crippen LogP contribution < -0.4 is 15.6 Å². The largest absolute Gasteiger partial charge is 0.494 e. The Morgan fingerprint density at radius 1 is 1.26 bits per heavy atom. The molecule has 2 rings (SSSR count). The zero-order valence-corrected chi connectivity index (χ0v) is 11.5. The number of anilines is 1. The van der Waals surface area contributed by atoms with Crippen LogP contribution >= 0.6 is 0 Å². The first kappa shape index (κ1) is 15.3. The Balaban J connectivity index is 0.000000250. The lowest BCUT2D eigenvalue weighted by Gasteiger charge is -2.05. The number of hydrogen-bond acceptors (Lipinski definition) is 4. The molecule has 5 nitrogen and oxygen atoms in total. The Bertz CT molecular complexity index is 343. The van der Waals surface area contributed by atoms with Gasteiger partial charge in [0.15, 0.2) is 0 Å². The number of amides is 1. The molecule has 0 spiro atoms. The summed E-state index contributed by atoms with van der Waals surface area (Å²) in [6.07, 6.45) is 11.1. The van der Waals surface area contributed by atoms with Crippen molar-refractivity contribution in [1.82, 2.24) is 10.4 Å². The minimum Gasteiger partial charge on any atom is -0.494 e. The van der Waals surface area contributed by atoms with Crippen molar-refractivity contribution in [2.75, 3.05) is 12.0 Å². The highest BCUT2D eigenvalue weighted by atomic mass is 16.5. The van der Waals surface area contributed by atoms with Crippen LogP contribution in [0.5, 0.6) is 5.75 Å². The molecule has 5 heteroatoms. The molecule has 1 aliphatic rings. The maximum Gasteiger partial charge on any atom is 0.225 e. The molecule has 1 aliphatic carbocycles. The number of hydrazine groups is 1. The first-order valence-electron chi connectivity index (χ1n) is 6.91. The lowest BCUT2D eigenvalue weighted by molar-refractivity contribution is -0.109. The smallest absolute Gasteiger partial charge is 0.225 e. The van der Waals surface area contributed by atoms with Gasteiger partial charge in [-0.05, 0) is 13.0 Å². The van der Waals surface area contributed by atoms with Gasteiger partial charge >= 0.3 is 0 Å². The third-order valence-corrected chi connectivity index (χ3v) is 2.80. The van der Waals surface area contributed by atoms with E-state index in [1.165, 1.54) is 38.5 Å². The molecule has 1 amide bonds. The van der Waals surface area contributed by atoms with E-state index in [4.69, 9.17) is 4.74 Å². The summed E-state index contributed by atoms with van der Waals surface area (Å²) in [4.78, 5) is 13.9. The highest BCUT2D eigenvalue weighted by Gasteiger charge is 1.96. The Hall–Kier alpha value is -1.78. The number of rotatable bonds is 5. The molecule has 0 aromatic carbocycles. The van der Waals surface area contributed by atoms with Crippen LogP contribution in [0.2, 0.25) is 0 Å². The van der Waals surface area contributed by atoms with Crippen LogP contribution in [0.15, 0.2) is 18.3 Å². The molecule has 1 aromatic rings. The quantitative estimate of drug-likeness (QED) is 0.634. The molecule has 0 radical (unpaired) electrons. The average Bonchev–Trinajstić information content (AvgIpc) is 2.48. The predicted octanol–water partition coefficient (Wildman–Crippen LogP) is 2.89. The number of carbonyl (C=O) groups is 1. The van der Waals surface area contributed by atoms with Crippen molar-refractivity contribution in [2.24, 2.45) is 0 Å². The first-order valence-corrected chi connectivity index (χ1v) is 6.91. The molecule has 0 bridgehead atoms. The van der Waals surface area contributed by atoms with E-state index in [0.717, 1.165) is 0 Å². The molecule has 1 saturated carbocycles. The van der Waals surface area contributed by atoms with Crippen molar-refractivity contribution < 1.29 is 9.53 Å². The summed E-state index contributed by atoms with van der Waals surface area (Å²) in [6, 6.07) is 3.44. The maximum atomic E-state index is 9.96. The van der Waals surface area contributed by atoms with Gasteiger partial charge in [-0.15, -0.1) is 0 Å². The number of nitrogens with zero attached hydrogens (tertiary/aromatic N) is 1. The van der Waals surface area contributed by atoms with Crippen LogP contribution in [0, 0.1) is 0 Å². The fourth-order valence-electron chi connectivity index (χ4n) is 1.90. The van der Waals surface area contributed by atoms with E-state index in [1.54, 1.807) is 18.3 Å². The van der Waals surface area contributed by atoms with Crippen molar-refractivity contribution in [2.45, 2.75) is 45.4 Å². The number of carbonyl (C=O) groups excluding carboxylic acids is 1. The van der Waals surface area contributed by atoms with Crippen LogP contribution in [-0.4, -0.2) is 18.0 Å². The zero-order valence-electron chi connectivity index (χ0n) is 11.5. The third-order valence-electron chi connectivity index (χ3n) is 2.80. The molecule has 0 atom stereocenters. The molecule has 0 saturated heterocycles. The fourth-order valence-corrected chi connectivity index (χ4v) is 1.90. The lowest BCUT2D eigenvalue weighted by Crippen LogP contribution is -2.19. The molecule has 1 fully saturated rings. The van der Waals surface area contributed by atoms with Crippen LogP contribution in [0.3, 0.4) is 0 Å². The van der Waals surface area contributed by atoms with Gasteiger partial charge in [-0.3, -0.25) is 15.6 Å². The topological polar surface area (TPSA) is 63.2 Å². The summed E-state index contributed by atoms with van der Waals surface area (Å²) in [5, 5.41) is 0.